The van der Waals surface area contributed by atoms with Gasteiger partial charge in [-0.3, -0.25) is 0 Å². The fourth-order valence-electron chi connectivity index (χ4n) is 1.06. The predicted molar refractivity (Wildman–Crippen MR) is 70.2 cm³/mol. The van der Waals surface area contributed by atoms with E-state index in [1.807, 2.05) is 20.8 Å². The number of nitrogens with one attached hydrogen (secondary N) is 1. The summed E-state index contributed by atoms with van der Waals surface area (Å²) in [5, 5.41) is 7.12. The first-order valence-electron chi connectivity index (χ1n) is 5.65. The van der Waals surface area contributed by atoms with Crippen molar-refractivity contribution in [1.29, 1.82) is 0 Å². The molecule has 0 aromatic heterocycles. The zero-order valence-electron chi connectivity index (χ0n) is 11.6. The third-order valence-corrected chi connectivity index (χ3v) is 3.51. The van der Waals surface area contributed by atoms with Gasteiger partial charge in [-0.1, -0.05) is 18.2 Å². The summed E-state index contributed by atoms with van der Waals surface area (Å²) in [5.74, 6) is -2.76. The first kappa shape index (κ1) is 19.4. The fourth-order valence-corrected chi connectivity index (χ4v) is 2.50. The lowest BCUT2D eigenvalue weighted by molar-refractivity contribution is -0.192. The van der Waals surface area contributed by atoms with E-state index in [1.165, 1.54) is 0 Å². The van der Waals surface area contributed by atoms with Crippen LogP contribution in [0.25, 0.3) is 0 Å². The minimum Gasteiger partial charge on any atom is -0.475 e. The van der Waals surface area contributed by atoms with E-state index in [0.29, 0.717) is 4.90 Å². The van der Waals surface area contributed by atoms with Crippen molar-refractivity contribution in [3.05, 3.63) is 30.3 Å². The van der Waals surface area contributed by atoms with Gasteiger partial charge in [0.2, 0.25) is 10.0 Å². The maximum atomic E-state index is 11.7. The number of benzene rings is 1. The minimum atomic E-state index is -5.08. The highest BCUT2D eigenvalue weighted by Gasteiger charge is 2.38. The Hall–Kier alpha value is -1.61. The maximum absolute atomic E-state index is 11.7. The average Bonchev–Trinajstić information content (AvgIpc) is 2.26. The van der Waals surface area contributed by atoms with Gasteiger partial charge in [-0.15, -0.1) is 0 Å². The molecule has 0 amide bonds. The lowest BCUT2D eigenvalue weighted by Crippen LogP contribution is -2.40. The van der Waals surface area contributed by atoms with Gasteiger partial charge >= 0.3 is 12.1 Å². The quantitative estimate of drug-likeness (QED) is 0.874. The Labute approximate surface area is 120 Å². The summed E-state index contributed by atoms with van der Waals surface area (Å²) < 4.78 is 57.8. The molecule has 0 bridgehead atoms. The van der Waals surface area contributed by atoms with Crippen LogP contribution in [0.15, 0.2) is 35.2 Å². The number of rotatable bonds is 2. The first-order chi connectivity index (χ1) is 9.26. The summed E-state index contributed by atoms with van der Waals surface area (Å²) in [6.45, 7) is 5.44. The predicted octanol–water partition coefficient (Wildman–Crippen LogP) is 2.40. The highest BCUT2D eigenvalue weighted by Crippen LogP contribution is 2.13. The zero-order chi connectivity index (χ0) is 16.9. The van der Waals surface area contributed by atoms with Crippen LogP contribution in [-0.4, -0.2) is 31.2 Å². The van der Waals surface area contributed by atoms with E-state index in [2.05, 4.69) is 4.72 Å². The van der Waals surface area contributed by atoms with Crippen molar-refractivity contribution in [2.24, 2.45) is 0 Å². The fraction of sp³-hybridized carbons (Fsp3) is 0.417. The summed E-state index contributed by atoms with van der Waals surface area (Å²) in [6.07, 6.45) is -5.08. The maximum Gasteiger partial charge on any atom is 0.490 e. The Morgan fingerprint density at radius 2 is 1.48 bits per heavy atom. The molecule has 1 aromatic rings. The van der Waals surface area contributed by atoms with Crippen LogP contribution >= 0.6 is 0 Å². The molecule has 0 heterocycles. The SMILES string of the molecule is CC(C)(C)NS(=O)(=O)c1ccccc1.O=C(O)C(F)(F)F. The van der Waals surface area contributed by atoms with Gasteiger partial charge in [0.1, 0.15) is 0 Å². The molecule has 0 spiro atoms. The average molecular weight is 327 g/mol. The molecule has 9 heteroatoms. The number of carboxylic acid groups (broad SMARTS) is 1. The molecule has 0 atom stereocenters. The van der Waals surface area contributed by atoms with E-state index < -0.39 is 27.7 Å². The van der Waals surface area contributed by atoms with Crippen LogP contribution in [0.5, 0.6) is 0 Å². The Bertz CT molecular complexity index is 562. The minimum absolute atomic E-state index is 0.301. The molecular formula is C12H16F3NO4S. The van der Waals surface area contributed by atoms with Crippen LogP contribution < -0.4 is 4.72 Å². The lowest BCUT2D eigenvalue weighted by atomic mass is 10.1. The van der Waals surface area contributed by atoms with Gasteiger partial charge in [0.25, 0.3) is 0 Å². The van der Waals surface area contributed by atoms with Crippen LogP contribution in [0.1, 0.15) is 20.8 Å². The number of alkyl halides is 3. The number of hydrogen-bond acceptors (Lipinski definition) is 3. The molecule has 0 saturated carbocycles. The van der Waals surface area contributed by atoms with Gasteiger partial charge in [-0.05, 0) is 32.9 Å². The largest absolute Gasteiger partial charge is 0.490 e. The van der Waals surface area contributed by atoms with Crippen molar-refractivity contribution in [3.8, 4) is 0 Å². The van der Waals surface area contributed by atoms with Gasteiger partial charge in [0.05, 0.1) is 4.90 Å². The van der Waals surface area contributed by atoms with Crippen molar-refractivity contribution in [1.82, 2.24) is 4.72 Å². The molecular weight excluding hydrogens is 311 g/mol. The van der Waals surface area contributed by atoms with Crippen LogP contribution in [0.3, 0.4) is 0 Å². The Morgan fingerprint density at radius 1 is 1.10 bits per heavy atom. The molecule has 0 radical (unpaired) electrons. The van der Waals surface area contributed by atoms with Crippen LogP contribution in [0.2, 0.25) is 0 Å². The molecule has 1 aromatic carbocycles. The van der Waals surface area contributed by atoms with Crippen molar-refractivity contribution in [2.45, 2.75) is 37.4 Å². The second-order valence-electron chi connectivity index (χ2n) is 4.97. The van der Waals surface area contributed by atoms with Crippen LogP contribution in [0.4, 0.5) is 13.2 Å². The molecule has 0 aliphatic carbocycles. The monoisotopic (exact) mass is 327 g/mol. The number of halogens is 3. The molecule has 0 saturated heterocycles. The normalized spacial score (nSPS) is 12.3. The van der Waals surface area contributed by atoms with E-state index >= 15 is 0 Å². The Morgan fingerprint density at radius 3 is 1.76 bits per heavy atom. The third-order valence-electron chi connectivity index (χ3n) is 1.74. The number of hydrogen-bond donors (Lipinski definition) is 2. The van der Waals surface area contributed by atoms with E-state index in [0.717, 1.165) is 0 Å². The molecule has 1 rings (SSSR count). The Kier molecular flexibility index (Phi) is 6.37. The van der Waals surface area contributed by atoms with Crippen molar-refractivity contribution >= 4 is 16.0 Å². The standard InChI is InChI=1S/C10H15NO2S.C2HF3O2/c1-10(2,3)11-14(12,13)9-7-5-4-6-8-9;3-2(4,5)1(6)7/h4-8,11H,1-3H3;(H,6,7). The van der Waals surface area contributed by atoms with Gasteiger partial charge in [-0.2, -0.15) is 13.2 Å². The molecule has 2 N–H and O–H groups in total. The summed E-state index contributed by atoms with van der Waals surface area (Å²) in [4.78, 5) is 9.20. The third kappa shape index (κ3) is 8.30. The molecule has 120 valence electrons. The smallest absolute Gasteiger partial charge is 0.475 e. The highest BCUT2D eigenvalue weighted by molar-refractivity contribution is 7.89. The number of aliphatic carboxylic acids is 1. The summed E-state index contributed by atoms with van der Waals surface area (Å²) in [5.41, 5.74) is -0.450. The second-order valence-corrected chi connectivity index (χ2v) is 6.65. The molecule has 21 heavy (non-hydrogen) atoms. The molecule has 5 nitrogen and oxygen atoms in total. The first-order valence-corrected chi connectivity index (χ1v) is 7.13. The van der Waals surface area contributed by atoms with Gasteiger partial charge in [0, 0.05) is 5.54 Å². The lowest BCUT2D eigenvalue weighted by Gasteiger charge is -2.20. The summed E-state index contributed by atoms with van der Waals surface area (Å²) in [7, 11) is -3.37. The van der Waals surface area contributed by atoms with E-state index in [4.69, 9.17) is 9.90 Å². The summed E-state index contributed by atoms with van der Waals surface area (Å²) >= 11 is 0. The van der Waals surface area contributed by atoms with Crippen molar-refractivity contribution in [3.63, 3.8) is 0 Å². The topological polar surface area (TPSA) is 83.5 Å². The number of carbonyl (C=O) groups is 1. The zero-order valence-corrected chi connectivity index (χ0v) is 12.4. The number of carboxylic acids is 1. The van der Waals surface area contributed by atoms with Crippen molar-refractivity contribution in [2.75, 3.05) is 0 Å². The molecule has 0 fully saturated rings. The van der Waals surface area contributed by atoms with Crippen LogP contribution in [0, 0.1) is 0 Å². The van der Waals surface area contributed by atoms with Crippen LogP contribution in [-0.2, 0) is 14.8 Å². The van der Waals surface area contributed by atoms with E-state index in [1.54, 1.807) is 30.3 Å². The Balaban J connectivity index is 0.000000486. The highest BCUT2D eigenvalue weighted by atomic mass is 32.2. The number of sulfonamides is 1. The second kappa shape index (κ2) is 6.90. The van der Waals surface area contributed by atoms with Crippen molar-refractivity contribution < 1.29 is 31.5 Å². The molecule has 0 aliphatic heterocycles. The van der Waals surface area contributed by atoms with Gasteiger partial charge in [0.15, 0.2) is 0 Å². The van der Waals surface area contributed by atoms with E-state index in [-0.39, 0.29) is 0 Å². The summed E-state index contributed by atoms with van der Waals surface area (Å²) in [6, 6.07) is 8.35. The molecule has 0 aliphatic rings. The molecule has 0 unspecified atom stereocenters. The van der Waals surface area contributed by atoms with Gasteiger partial charge in [-0.25, -0.2) is 17.9 Å². The van der Waals surface area contributed by atoms with Gasteiger partial charge < -0.3 is 5.11 Å². The van der Waals surface area contributed by atoms with E-state index in [9.17, 15) is 21.6 Å².